The number of rotatable bonds is 6. The first-order chi connectivity index (χ1) is 16.1. The van der Waals surface area contributed by atoms with Crippen LogP contribution in [0.4, 0.5) is 0 Å². The third-order valence-electron chi connectivity index (χ3n) is 7.21. The number of imide groups is 2. The van der Waals surface area contributed by atoms with Crippen LogP contribution in [-0.2, 0) is 28.8 Å². The second-order valence-corrected chi connectivity index (χ2v) is 9.45. The van der Waals surface area contributed by atoms with E-state index in [1.165, 1.54) is 24.3 Å². The Labute approximate surface area is 235 Å². The van der Waals surface area contributed by atoms with Crippen LogP contribution in [0.3, 0.4) is 0 Å². The van der Waals surface area contributed by atoms with Crippen LogP contribution < -0.4 is 10.2 Å². The van der Waals surface area contributed by atoms with Crippen LogP contribution in [-0.4, -0.2) is 82.4 Å². The summed E-state index contributed by atoms with van der Waals surface area (Å²) in [5.41, 5.74) is -2.09. The molecule has 0 atom stereocenters. The molecule has 0 bridgehead atoms. The molecular formula is C26H36N2O8Sn. The fourth-order valence-corrected chi connectivity index (χ4v) is 5.09. The monoisotopic (exact) mass is 624 g/mol. The second-order valence-electron chi connectivity index (χ2n) is 9.45. The summed E-state index contributed by atoms with van der Waals surface area (Å²) in [7, 11) is 0. The molecule has 0 unspecified atom stereocenters. The van der Waals surface area contributed by atoms with E-state index in [0.717, 1.165) is 48.3 Å². The Morgan fingerprint density at radius 1 is 0.595 bits per heavy atom. The minimum Gasteiger partial charge on any atom is -0.549 e. The van der Waals surface area contributed by atoms with Crippen molar-refractivity contribution in [2.24, 2.45) is 10.8 Å². The quantitative estimate of drug-likeness (QED) is 0.299. The van der Waals surface area contributed by atoms with Crippen LogP contribution in [0.2, 0.25) is 0 Å². The van der Waals surface area contributed by atoms with Crippen molar-refractivity contribution in [3.8, 4) is 0 Å². The fraction of sp³-hybridized carbons (Fsp3) is 0.615. The summed E-state index contributed by atoms with van der Waals surface area (Å²) in [5, 5.41) is 22.6. The van der Waals surface area contributed by atoms with Crippen molar-refractivity contribution < 1.29 is 39.0 Å². The van der Waals surface area contributed by atoms with E-state index in [-0.39, 0.29) is 51.9 Å². The first-order valence-electron chi connectivity index (χ1n) is 11.6. The zero-order valence-corrected chi connectivity index (χ0v) is 22.3. The van der Waals surface area contributed by atoms with E-state index in [9.17, 15) is 39.0 Å². The van der Waals surface area contributed by atoms with Crippen LogP contribution in [0.1, 0.15) is 79.1 Å². The van der Waals surface area contributed by atoms with Gasteiger partial charge in [0.15, 0.2) is 0 Å². The number of amides is 4. The van der Waals surface area contributed by atoms with Crippen molar-refractivity contribution in [2.45, 2.75) is 79.1 Å². The largest absolute Gasteiger partial charge is 2.00 e. The zero-order chi connectivity index (χ0) is 24.9. The van der Waals surface area contributed by atoms with Gasteiger partial charge in [0.25, 0.3) is 23.6 Å². The Balaban J connectivity index is 0.000000648. The van der Waals surface area contributed by atoms with Gasteiger partial charge in [-0.25, -0.2) is 0 Å². The Morgan fingerprint density at radius 2 is 0.838 bits per heavy atom. The van der Waals surface area contributed by atoms with E-state index in [0.29, 0.717) is 25.7 Å². The molecular weight excluding hydrogens is 587 g/mol. The summed E-state index contributed by atoms with van der Waals surface area (Å²) >= 11 is 0. The molecule has 0 N–H and O–H groups in total. The molecule has 10 nitrogen and oxygen atoms in total. The molecule has 2 radical (unpaired) electrons. The van der Waals surface area contributed by atoms with Crippen LogP contribution in [0.25, 0.3) is 0 Å². The average molecular weight is 623 g/mol. The molecule has 2 aliphatic carbocycles. The van der Waals surface area contributed by atoms with Gasteiger partial charge in [0.1, 0.15) is 0 Å². The summed E-state index contributed by atoms with van der Waals surface area (Å²) < 4.78 is 0. The van der Waals surface area contributed by atoms with Gasteiger partial charge in [0.2, 0.25) is 0 Å². The van der Waals surface area contributed by atoms with Crippen molar-refractivity contribution in [3.63, 3.8) is 0 Å². The molecule has 2 aliphatic heterocycles. The maximum Gasteiger partial charge on any atom is 2.00 e. The fourth-order valence-electron chi connectivity index (χ4n) is 5.09. The molecule has 0 aromatic heterocycles. The summed E-state index contributed by atoms with van der Waals surface area (Å²) in [6.45, 7) is -0.111. The van der Waals surface area contributed by atoms with Crippen molar-refractivity contribution in [3.05, 3.63) is 24.3 Å². The SMILES string of the molecule is C.C.O=C1C=CC(=O)N1CC1(C(=O)[O-])CCCCC1.O=C1C=CC(=O)N1CC1(C(=O)[O-])CCCCC1.[Sn+2]. The van der Waals surface area contributed by atoms with Crippen LogP contribution in [0.5, 0.6) is 0 Å². The molecule has 2 saturated carbocycles. The smallest absolute Gasteiger partial charge is 0.549 e. The first kappa shape index (κ1) is 34.5. The van der Waals surface area contributed by atoms with E-state index < -0.39 is 46.4 Å². The first-order valence-corrected chi connectivity index (χ1v) is 11.6. The van der Waals surface area contributed by atoms with Gasteiger partial charge in [-0.1, -0.05) is 53.4 Å². The minimum atomic E-state index is -1.15. The van der Waals surface area contributed by atoms with E-state index in [1.54, 1.807) is 0 Å². The summed E-state index contributed by atoms with van der Waals surface area (Å²) in [6.07, 6.45) is 11.8. The van der Waals surface area contributed by atoms with Crippen molar-refractivity contribution in [2.75, 3.05) is 13.1 Å². The predicted molar refractivity (Wildman–Crippen MR) is 132 cm³/mol. The zero-order valence-electron chi connectivity index (χ0n) is 19.5. The van der Waals surface area contributed by atoms with Crippen LogP contribution >= 0.6 is 0 Å². The number of aliphatic carboxylic acids is 2. The third-order valence-corrected chi connectivity index (χ3v) is 7.21. The number of carboxylic acids is 2. The molecule has 202 valence electrons. The molecule has 0 aromatic rings. The van der Waals surface area contributed by atoms with Gasteiger partial charge in [0.05, 0.1) is 0 Å². The number of hydrogen-bond donors (Lipinski definition) is 0. The molecule has 4 amide bonds. The van der Waals surface area contributed by atoms with Gasteiger partial charge < -0.3 is 19.8 Å². The van der Waals surface area contributed by atoms with E-state index in [4.69, 9.17) is 0 Å². The molecule has 11 heteroatoms. The molecule has 37 heavy (non-hydrogen) atoms. The summed E-state index contributed by atoms with van der Waals surface area (Å²) in [6, 6.07) is 0. The van der Waals surface area contributed by atoms with Crippen molar-refractivity contribution in [1.29, 1.82) is 0 Å². The van der Waals surface area contributed by atoms with Crippen molar-refractivity contribution >= 4 is 59.5 Å². The van der Waals surface area contributed by atoms with Gasteiger partial charge in [-0.15, -0.1) is 0 Å². The van der Waals surface area contributed by atoms with Gasteiger partial charge in [-0.2, -0.15) is 0 Å². The number of hydrogen-bond acceptors (Lipinski definition) is 8. The number of carbonyl (C=O) groups excluding carboxylic acids is 6. The van der Waals surface area contributed by atoms with Crippen LogP contribution in [0, 0.1) is 10.8 Å². The molecule has 0 spiro atoms. The van der Waals surface area contributed by atoms with Gasteiger partial charge in [-0.05, 0) is 25.7 Å². The van der Waals surface area contributed by atoms with E-state index in [1.807, 2.05) is 0 Å². The Morgan fingerprint density at radius 3 is 1.05 bits per heavy atom. The molecule has 4 aliphatic rings. The van der Waals surface area contributed by atoms with Crippen LogP contribution in [0.15, 0.2) is 24.3 Å². The standard InChI is InChI=1S/2C12H15NO4.2CH4.Sn/c2*14-9-4-5-10(15)13(9)8-12(11(16)17)6-2-1-3-7-12;;;/h2*4-5H,1-3,6-8H2,(H,16,17);2*1H4;/q;;;;+2/p-2. The third kappa shape index (κ3) is 7.75. The molecule has 2 heterocycles. The summed E-state index contributed by atoms with van der Waals surface area (Å²) in [4.78, 5) is 70.3. The van der Waals surface area contributed by atoms with E-state index >= 15 is 0 Å². The Bertz CT molecular complexity index is 834. The average Bonchev–Trinajstić information content (AvgIpc) is 3.30. The number of carbonyl (C=O) groups is 6. The second kappa shape index (κ2) is 14.4. The van der Waals surface area contributed by atoms with E-state index in [2.05, 4.69) is 0 Å². The molecule has 2 fully saturated rings. The normalized spacial score (nSPS) is 21.3. The minimum absolute atomic E-state index is 0. The van der Waals surface area contributed by atoms with Gasteiger partial charge in [-0.3, -0.25) is 29.0 Å². The molecule has 0 saturated heterocycles. The maximum absolute atomic E-state index is 11.4. The Hall–Kier alpha value is -2.50. The number of nitrogens with zero attached hydrogens (tertiary/aromatic N) is 2. The predicted octanol–water partition coefficient (Wildman–Crippen LogP) is 0.115. The molecule has 4 rings (SSSR count). The van der Waals surface area contributed by atoms with Gasteiger partial charge in [0, 0.05) is 60.2 Å². The Kier molecular flexibility index (Phi) is 13.5. The van der Waals surface area contributed by atoms with Gasteiger partial charge >= 0.3 is 23.9 Å². The summed E-state index contributed by atoms with van der Waals surface area (Å²) in [5.74, 6) is -4.01. The maximum atomic E-state index is 11.4. The number of carboxylic acid groups (broad SMARTS) is 2. The topological polar surface area (TPSA) is 155 Å². The molecule has 0 aromatic carbocycles. The van der Waals surface area contributed by atoms with Crippen molar-refractivity contribution in [1.82, 2.24) is 9.80 Å².